The standard InChI is InChI=1S/C27H22ClNO6S/c1-2-33-27(32)24-21(15-6-8-16(28)9-7-15)14-36-25(24)29-23(30)13-34-17-10-11-19-18-4-3-5-20(18)26(31)35-22(19)12-17/h6-12,14H,2-5,13H2,1H3,(H,29,30). The summed E-state index contributed by atoms with van der Waals surface area (Å²) >= 11 is 7.22. The number of ether oxygens (including phenoxy) is 2. The van der Waals surface area contributed by atoms with Gasteiger partial charge in [-0.1, -0.05) is 23.7 Å². The quantitative estimate of drug-likeness (QED) is 0.241. The van der Waals surface area contributed by atoms with Gasteiger partial charge in [0.15, 0.2) is 6.61 Å². The molecule has 1 N–H and O–H groups in total. The number of anilines is 1. The zero-order chi connectivity index (χ0) is 25.2. The number of carbonyl (C=O) groups excluding carboxylic acids is 2. The third-order valence-electron chi connectivity index (χ3n) is 5.99. The van der Waals surface area contributed by atoms with E-state index >= 15 is 0 Å². The number of thiophene rings is 1. The van der Waals surface area contributed by atoms with Gasteiger partial charge >= 0.3 is 11.6 Å². The Morgan fingerprint density at radius 1 is 1.11 bits per heavy atom. The van der Waals surface area contributed by atoms with E-state index < -0.39 is 11.9 Å². The summed E-state index contributed by atoms with van der Waals surface area (Å²) in [4.78, 5) is 37.7. The van der Waals surface area contributed by atoms with Crippen molar-refractivity contribution in [2.24, 2.45) is 0 Å². The molecule has 0 aliphatic heterocycles. The Morgan fingerprint density at radius 3 is 2.67 bits per heavy atom. The van der Waals surface area contributed by atoms with Crippen LogP contribution in [0, 0.1) is 0 Å². The molecule has 2 aromatic carbocycles. The molecule has 0 saturated carbocycles. The molecule has 4 aromatic rings. The number of esters is 1. The van der Waals surface area contributed by atoms with Crippen molar-refractivity contribution in [1.29, 1.82) is 0 Å². The maximum absolute atomic E-state index is 12.7. The molecule has 0 atom stereocenters. The Balaban J connectivity index is 1.33. The maximum atomic E-state index is 12.7. The van der Waals surface area contributed by atoms with Gasteiger partial charge in [0.05, 0.1) is 6.61 Å². The van der Waals surface area contributed by atoms with Crippen LogP contribution in [0.15, 0.2) is 57.1 Å². The molecule has 7 nitrogen and oxygen atoms in total. The van der Waals surface area contributed by atoms with Crippen LogP contribution in [-0.2, 0) is 22.4 Å². The van der Waals surface area contributed by atoms with Crippen molar-refractivity contribution in [2.45, 2.75) is 26.2 Å². The second kappa shape index (κ2) is 10.2. The van der Waals surface area contributed by atoms with Crippen LogP contribution in [-0.4, -0.2) is 25.1 Å². The average Bonchev–Trinajstić information content (AvgIpc) is 3.52. The van der Waals surface area contributed by atoms with Crippen molar-refractivity contribution in [1.82, 2.24) is 0 Å². The smallest absolute Gasteiger partial charge is 0.341 e. The lowest BCUT2D eigenvalue weighted by Gasteiger charge is -2.10. The number of nitrogens with one attached hydrogen (secondary N) is 1. The number of hydrogen-bond donors (Lipinski definition) is 1. The van der Waals surface area contributed by atoms with Crippen molar-refractivity contribution >= 4 is 50.8 Å². The molecule has 0 saturated heterocycles. The largest absolute Gasteiger partial charge is 0.484 e. The lowest BCUT2D eigenvalue weighted by Crippen LogP contribution is -2.21. The first kappa shape index (κ1) is 24.1. The van der Waals surface area contributed by atoms with E-state index in [1.54, 1.807) is 48.7 Å². The number of fused-ring (bicyclic) bond motifs is 3. The van der Waals surface area contributed by atoms with Gasteiger partial charge in [-0.3, -0.25) is 4.79 Å². The minimum Gasteiger partial charge on any atom is -0.484 e. The van der Waals surface area contributed by atoms with Gasteiger partial charge in [0.25, 0.3) is 5.91 Å². The second-order valence-corrected chi connectivity index (χ2v) is 9.59. The molecule has 0 bridgehead atoms. The van der Waals surface area contributed by atoms with E-state index in [2.05, 4.69) is 5.32 Å². The molecule has 0 unspecified atom stereocenters. The highest BCUT2D eigenvalue weighted by molar-refractivity contribution is 7.15. The first-order chi connectivity index (χ1) is 17.4. The lowest BCUT2D eigenvalue weighted by molar-refractivity contribution is -0.118. The first-order valence-electron chi connectivity index (χ1n) is 11.5. The zero-order valence-electron chi connectivity index (χ0n) is 19.4. The van der Waals surface area contributed by atoms with Crippen molar-refractivity contribution in [2.75, 3.05) is 18.5 Å². The van der Waals surface area contributed by atoms with Crippen LogP contribution >= 0.6 is 22.9 Å². The molecule has 0 spiro atoms. The van der Waals surface area contributed by atoms with Gasteiger partial charge < -0.3 is 19.2 Å². The van der Waals surface area contributed by atoms with Crippen LogP contribution in [0.2, 0.25) is 5.02 Å². The minimum absolute atomic E-state index is 0.201. The molecule has 2 aromatic heterocycles. The van der Waals surface area contributed by atoms with Crippen LogP contribution in [0.1, 0.15) is 34.8 Å². The zero-order valence-corrected chi connectivity index (χ0v) is 21.0. The molecule has 1 aliphatic rings. The molecule has 1 amide bonds. The van der Waals surface area contributed by atoms with E-state index in [1.165, 1.54) is 11.3 Å². The fourth-order valence-electron chi connectivity index (χ4n) is 4.36. The monoisotopic (exact) mass is 523 g/mol. The second-order valence-electron chi connectivity index (χ2n) is 8.28. The van der Waals surface area contributed by atoms with E-state index in [9.17, 15) is 14.4 Å². The van der Waals surface area contributed by atoms with Crippen molar-refractivity contribution in [3.8, 4) is 16.9 Å². The number of hydrogen-bond acceptors (Lipinski definition) is 7. The van der Waals surface area contributed by atoms with Crippen LogP contribution < -0.4 is 15.7 Å². The van der Waals surface area contributed by atoms with Gasteiger partial charge in [-0.2, -0.15) is 0 Å². The van der Waals surface area contributed by atoms with Crippen LogP contribution in [0.25, 0.3) is 22.1 Å². The normalized spacial score (nSPS) is 12.4. The number of carbonyl (C=O) groups is 2. The molecular weight excluding hydrogens is 502 g/mol. The van der Waals surface area contributed by atoms with E-state index in [1.807, 2.05) is 6.07 Å². The molecule has 5 rings (SSSR count). The van der Waals surface area contributed by atoms with Crippen LogP contribution in [0.4, 0.5) is 5.00 Å². The SMILES string of the molecule is CCOC(=O)c1c(-c2ccc(Cl)cc2)csc1NC(=O)COc1ccc2c3c(c(=O)oc2c1)CCC3. The summed E-state index contributed by atoms with van der Waals surface area (Å²) in [7, 11) is 0. The number of rotatable bonds is 7. The van der Waals surface area contributed by atoms with Crippen molar-refractivity contribution < 1.29 is 23.5 Å². The number of halogens is 1. The van der Waals surface area contributed by atoms with Gasteiger partial charge in [0.2, 0.25) is 0 Å². The van der Waals surface area contributed by atoms with Gasteiger partial charge in [-0.05, 0) is 61.6 Å². The van der Waals surface area contributed by atoms with Gasteiger partial charge in [-0.15, -0.1) is 11.3 Å². The molecule has 9 heteroatoms. The van der Waals surface area contributed by atoms with Crippen molar-refractivity contribution in [3.05, 3.63) is 80.0 Å². The van der Waals surface area contributed by atoms with Crippen molar-refractivity contribution in [3.63, 3.8) is 0 Å². The van der Waals surface area contributed by atoms with E-state index in [4.69, 9.17) is 25.5 Å². The Labute approximate surface area is 215 Å². The van der Waals surface area contributed by atoms with E-state index in [0.29, 0.717) is 26.9 Å². The van der Waals surface area contributed by atoms with E-state index in [-0.39, 0.29) is 24.4 Å². The summed E-state index contributed by atoms with van der Waals surface area (Å²) in [6, 6.07) is 12.3. The topological polar surface area (TPSA) is 94.8 Å². The molecule has 36 heavy (non-hydrogen) atoms. The summed E-state index contributed by atoms with van der Waals surface area (Å²) in [5.74, 6) is -0.574. The van der Waals surface area contributed by atoms with Crippen LogP contribution in [0.3, 0.4) is 0 Å². The Hall–Kier alpha value is -3.62. The molecular formula is C27H22ClNO6S. The predicted octanol–water partition coefficient (Wildman–Crippen LogP) is 5.86. The number of aryl methyl sites for hydroxylation is 1. The van der Waals surface area contributed by atoms with Gasteiger partial charge in [-0.25, -0.2) is 9.59 Å². The first-order valence-corrected chi connectivity index (χ1v) is 12.8. The number of benzene rings is 2. The fraction of sp³-hybridized carbons (Fsp3) is 0.222. The van der Waals surface area contributed by atoms with Gasteiger partial charge in [0.1, 0.15) is 21.9 Å². The molecule has 0 radical (unpaired) electrons. The fourth-order valence-corrected chi connectivity index (χ4v) is 5.46. The summed E-state index contributed by atoms with van der Waals surface area (Å²) in [6.07, 6.45) is 2.53. The molecule has 0 fully saturated rings. The highest BCUT2D eigenvalue weighted by Crippen LogP contribution is 2.37. The Bertz CT molecular complexity index is 1520. The molecule has 2 heterocycles. The molecule has 184 valence electrons. The summed E-state index contributed by atoms with van der Waals surface area (Å²) in [5, 5.41) is 6.38. The minimum atomic E-state index is -0.531. The van der Waals surface area contributed by atoms with Gasteiger partial charge in [0, 0.05) is 33.0 Å². The summed E-state index contributed by atoms with van der Waals surface area (Å²) in [6.45, 7) is 1.63. The number of amides is 1. The predicted molar refractivity (Wildman–Crippen MR) is 139 cm³/mol. The third kappa shape index (κ3) is 4.74. The highest BCUT2D eigenvalue weighted by Gasteiger charge is 2.23. The Morgan fingerprint density at radius 2 is 1.89 bits per heavy atom. The summed E-state index contributed by atoms with van der Waals surface area (Å²) in [5.41, 5.74) is 3.61. The van der Waals surface area contributed by atoms with Crippen LogP contribution in [0.5, 0.6) is 5.75 Å². The average molecular weight is 524 g/mol. The summed E-state index contributed by atoms with van der Waals surface area (Å²) < 4.78 is 16.4. The highest BCUT2D eigenvalue weighted by atomic mass is 35.5. The molecule has 1 aliphatic carbocycles. The lowest BCUT2D eigenvalue weighted by atomic mass is 10.0. The van der Waals surface area contributed by atoms with E-state index in [0.717, 1.165) is 41.3 Å². The third-order valence-corrected chi connectivity index (χ3v) is 7.14. The maximum Gasteiger partial charge on any atom is 0.341 e. The Kier molecular flexibility index (Phi) is 6.80.